The number of imide groups is 1. The lowest BCUT2D eigenvalue weighted by Crippen LogP contribution is -2.26. The Kier molecular flexibility index (Phi) is 2.72. The third-order valence-corrected chi connectivity index (χ3v) is 3.88. The Morgan fingerprint density at radius 3 is 2.79 bits per heavy atom. The number of halogens is 1. The monoisotopic (exact) mass is 295 g/mol. The Morgan fingerprint density at radius 2 is 2.16 bits per heavy atom. The van der Waals surface area contributed by atoms with E-state index in [0.717, 1.165) is 15.9 Å². The highest BCUT2D eigenvalue weighted by Crippen LogP contribution is 2.29. The minimum Gasteiger partial charge on any atom is -0.331 e. The number of benzene rings is 1. The normalized spacial score (nSPS) is 19.7. The predicted molar refractivity (Wildman–Crippen MR) is 73.6 cm³/mol. The third kappa shape index (κ3) is 1.79. The van der Waals surface area contributed by atoms with Gasteiger partial charge in [0, 0.05) is 12.1 Å². The fourth-order valence-corrected chi connectivity index (χ4v) is 2.84. The molecule has 0 spiro atoms. The van der Waals surface area contributed by atoms with Crippen LogP contribution in [0.1, 0.15) is 12.5 Å². The Morgan fingerprint density at radius 1 is 1.42 bits per heavy atom. The van der Waals surface area contributed by atoms with Gasteiger partial charge in [0.1, 0.15) is 6.04 Å². The van der Waals surface area contributed by atoms with E-state index in [4.69, 9.17) is 23.8 Å². The zero-order chi connectivity index (χ0) is 13.7. The van der Waals surface area contributed by atoms with Crippen molar-refractivity contribution in [3.8, 4) is 0 Å². The number of hydrogen-bond donors (Lipinski definition) is 1. The summed E-state index contributed by atoms with van der Waals surface area (Å²) in [6, 6.07) is 4.69. The molecule has 0 radical (unpaired) electrons. The number of carbonyl (C=O) groups excluding carboxylic acids is 2. The Hall–Kier alpha value is -1.66. The number of likely N-dealkylation sites (tertiary alicyclic amines) is 1. The smallest absolute Gasteiger partial charge is 0.252 e. The largest absolute Gasteiger partial charge is 0.331 e. The molecule has 1 N–H and O–H groups in total. The molecule has 0 aliphatic carbocycles. The first-order valence-electron chi connectivity index (χ1n) is 5.69. The van der Waals surface area contributed by atoms with E-state index in [1.165, 1.54) is 7.05 Å². The lowest BCUT2D eigenvalue weighted by Gasteiger charge is -2.11. The topological polar surface area (TPSA) is 58.1 Å². The Bertz CT molecular complexity index is 764. The van der Waals surface area contributed by atoms with Crippen molar-refractivity contribution in [1.29, 1.82) is 0 Å². The molecule has 2 amide bonds. The van der Waals surface area contributed by atoms with E-state index in [1.807, 2.05) is 0 Å². The van der Waals surface area contributed by atoms with Crippen molar-refractivity contribution in [3.63, 3.8) is 0 Å². The number of carbonyl (C=O) groups is 2. The fourth-order valence-electron chi connectivity index (χ4n) is 2.34. The molecule has 3 rings (SSSR count). The number of fused-ring (bicyclic) bond motifs is 1. The average Bonchev–Trinajstić information content (AvgIpc) is 2.80. The second-order valence-corrected chi connectivity index (χ2v) is 5.30. The molecule has 0 saturated carbocycles. The van der Waals surface area contributed by atoms with E-state index >= 15 is 0 Å². The van der Waals surface area contributed by atoms with Crippen LogP contribution < -0.4 is 0 Å². The molecule has 7 heteroatoms. The van der Waals surface area contributed by atoms with Crippen molar-refractivity contribution < 1.29 is 9.59 Å². The summed E-state index contributed by atoms with van der Waals surface area (Å²) in [4.78, 5) is 27.9. The van der Waals surface area contributed by atoms with E-state index in [-0.39, 0.29) is 18.2 Å². The first-order chi connectivity index (χ1) is 8.99. The van der Waals surface area contributed by atoms with E-state index < -0.39 is 6.04 Å². The molecule has 1 aromatic carbocycles. The number of aromatic amines is 1. The van der Waals surface area contributed by atoms with Crippen LogP contribution in [0.3, 0.4) is 0 Å². The van der Waals surface area contributed by atoms with Gasteiger partial charge in [-0.1, -0.05) is 11.6 Å². The summed E-state index contributed by atoms with van der Waals surface area (Å²) in [7, 11) is 1.48. The van der Waals surface area contributed by atoms with Crippen LogP contribution in [0.25, 0.3) is 11.0 Å². The van der Waals surface area contributed by atoms with Gasteiger partial charge in [-0.3, -0.25) is 14.5 Å². The summed E-state index contributed by atoms with van der Waals surface area (Å²) in [6.07, 6.45) is 0.128. The molecule has 1 aliphatic rings. The highest BCUT2D eigenvalue weighted by atomic mass is 35.5. The van der Waals surface area contributed by atoms with Gasteiger partial charge in [-0.25, -0.2) is 0 Å². The number of hydrogen-bond acceptors (Lipinski definition) is 3. The van der Waals surface area contributed by atoms with Crippen LogP contribution >= 0.6 is 23.8 Å². The summed E-state index contributed by atoms with van der Waals surface area (Å²) in [5, 5.41) is 0.556. The standard InChI is InChI=1S/C12H10ClN3O2S/c1-15-10(17)5-9(11(15)18)16-8-4-6(13)2-3-7(8)14-12(16)19/h2-4,9H,5H2,1H3,(H,14,19). The Balaban J connectivity index is 2.23. The molecule has 1 saturated heterocycles. The summed E-state index contributed by atoms with van der Waals surface area (Å²) in [5.74, 6) is -0.449. The second-order valence-electron chi connectivity index (χ2n) is 4.47. The lowest BCUT2D eigenvalue weighted by atomic mass is 10.2. The molecule has 1 aliphatic heterocycles. The fraction of sp³-hybridized carbons (Fsp3) is 0.250. The van der Waals surface area contributed by atoms with Crippen molar-refractivity contribution in [2.75, 3.05) is 7.05 Å². The van der Waals surface area contributed by atoms with Gasteiger partial charge in [0.2, 0.25) is 5.91 Å². The van der Waals surface area contributed by atoms with Gasteiger partial charge in [-0.2, -0.15) is 0 Å². The maximum atomic E-state index is 12.1. The molecular weight excluding hydrogens is 286 g/mol. The maximum Gasteiger partial charge on any atom is 0.252 e. The molecule has 5 nitrogen and oxygen atoms in total. The highest BCUT2D eigenvalue weighted by Gasteiger charge is 2.38. The van der Waals surface area contributed by atoms with Gasteiger partial charge in [0.05, 0.1) is 17.5 Å². The van der Waals surface area contributed by atoms with Crippen molar-refractivity contribution >= 4 is 46.7 Å². The van der Waals surface area contributed by atoms with Crippen molar-refractivity contribution in [2.45, 2.75) is 12.5 Å². The van der Waals surface area contributed by atoms with E-state index in [0.29, 0.717) is 9.79 Å². The molecule has 1 aromatic heterocycles. The van der Waals surface area contributed by atoms with Crippen LogP contribution in [-0.4, -0.2) is 33.3 Å². The van der Waals surface area contributed by atoms with Crippen LogP contribution in [0.15, 0.2) is 18.2 Å². The van der Waals surface area contributed by atoms with E-state index in [1.54, 1.807) is 22.8 Å². The number of likely N-dealkylation sites (N-methyl/N-ethyl adjacent to an activating group) is 1. The van der Waals surface area contributed by atoms with Crippen molar-refractivity contribution in [2.24, 2.45) is 0 Å². The number of amides is 2. The number of rotatable bonds is 1. The van der Waals surface area contributed by atoms with Crippen molar-refractivity contribution in [1.82, 2.24) is 14.5 Å². The highest BCUT2D eigenvalue weighted by molar-refractivity contribution is 7.71. The van der Waals surface area contributed by atoms with Crippen LogP contribution in [0.5, 0.6) is 0 Å². The van der Waals surface area contributed by atoms with Gasteiger partial charge < -0.3 is 9.55 Å². The summed E-state index contributed by atoms with van der Waals surface area (Å²) in [5.41, 5.74) is 1.53. The molecule has 2 aromatic rings. The summed E-state index contributed by atoms with van der Waals surface area (Å²) in [6.45, 7) is 0. The zero-order valence-corrected chi connectivity index (χ0v) is 11.6. The predicted octanol–water partition coefficient (Wildman–Crippen LogP) is 2.28. The number of H-pyrrole nitrogens is 1. The van der Waals surface area contributed by atoms with Gasteiger partial charge in [-0.15, -0.1) is 0 Å². The van der Waals surface area contributed by atoms with Crippen LogP contribution in [-0.2, 0) is 9.59 Å². The quantitative estimate of drug-likeness (QED) is 0.648. The SMILES string of the molecule is CN1C(=O)CC(n2c(=S)[nH]c3ccc(Cl)cc32)C1=O. The minimum atomic E-state index is -0.586. The lowest BCUT2D eigenvalue weighted by molar-refractivity contribution is -0.137. The molecule has 2 heterocycles. The van der Waals surface area contributed by atoms with Gasteiger partial charge >= 0.3 is 0 Å². The van der Waals surface area contributed by atoms with E-state index in [9.17, 15) is 9.59 Å². The van der Waals surface area contributed by atoms with E-state index in [2.05, 4.69) is 4.98 Å². The third-order valence-electron chi connectivity index (χ3n) is 3.35. The number of imidazole rings is 1. The first-order valence-corrected chi connectivity index (χ1v) is 6.48. The van der Waals surface area contributed by atoms with Gasteiger partial charge in [0.25, 0.3) is 5.91 Å². The van der Waals surface area contributed by atoms with Crippen LogP contribution in [0.2, 0.25) is 5.02 Å². The van der Waals surface area contributed by atoms with Crippen LogP contribution in [0.4, 0.5) is 0 Å². The first kappa shape index (κ1) is 12.4. The summed E-state index contributed by atoms with van der Waals surface area (Å²) >= 11 is 11.2. The zero-order valence-electron chi connectivity index (χ0n) is 10.0. The number of nitrogens with one attached hydrogen (secondary N) is 1. The average molecular weight is 296 g/mol. The molecular formula is C12H10ClN3O2S. The molecule has 1 unspecified atom stereocenters. The van der Waals surface area contributed by atoms with Gasteiger partial charge in [-0.05, 0) is 30.4 Å². The maximum absolute atomic E-state index is 12.1. The molecule has 98 valence electrons. The van der Waals surface area contributed by atoms with Crippen molar-refractivity contribution in [3.05, 3.63) is 28.0 Å². The molecule has 19 heavy (non-hydrogen) atoms. The Labute approximate surface area is 118 Å². The molecule has 1 atom stereocenters. The summed E-state index contributed by atoms with van der Waals surface area (Å²) < 4.78 is 2.08. The molecule has 0 bridgehead atoms. The number of nitrogens with zero attached hydrogens (tertiary/aromatic N) is 2. The number of aromatic nitrogens is 2. The second kappa shape index (κ2) is 4.18. The van der Waals surface area contributed by atoms with Crippen LogP contribution in [0, 0.1) is 4.77 Å². The minimum absolute atomic E-state index is 0.128. The molecule has 1 fully saturated rings. The van der Waals surface area contributed by atoms with Gasteiger partial charge in [0.15, 0.2) is 4.77 Å².